The highest BCUT2D eigenvalue weighted by molar-refractivity contribution is 5.35. The van der Waals surface area contributed by atoms with Crippen molar-refractivity contribution in [2.75, 3.05) is 0 Å². The number of rotatable bonds is 3. The molecule has 0 heterocycles. The zero-order chi connectivity index (χ0) is 12.4. The zero-order valence-electron chi connectivity index (χ0n) is 11.5. The predicted octanol–water partition coefficient (Wildman–Crippen LogP) is 4.16. The van der Waals surface area contributed by atoms with Crippen LogP contribution in [0.25, 0.3) is 0 Å². The molecule has 1 aromatic carbocycles. The van der Waals surface area contributed by atoms with Crippen LogP contribution in [0.3, 0.4) is 0 Å². The van der Waals surface area contributed by atoms with E-state index in [2.05, 4.69) is 30.4 Å². The van der Waals surface area contributed by atoms with Crippen LogP contribution in [-0.2, 0) is 12.8 Å². The molecule has 1 aromatic rings. The minimum Gasteiger partial charge on any atom is -0.307 e. The minimum atomic E-state index is 0.514. The Morgan fingerprint density at radius 1 is 1.00 bits per heavy atom. The fourth-order valence-corrected chi connectivity index (χ4v) is 3.56. The highest BCUT2D eigenvalue weighted by Crippen LogP contribution is 2.26. The van der Waals surface area contributed by atoms with Gasteiger partial charge in [-0.15, -0.1) is 0 Å². The van der Waals surface area contributed by atoms with Crippen molar-refractivity contribution in [3.63, 3.8) is 0 Å². The molecule has 0 aliphatic heterocycles. The summed E-state index contributed by atoms with van der Waals surface area (Å²) < 4.78 is 0. The van der Waals surface area contributed by atoms with Crippen molar-refractivity contribution in [3.8, 4) is 0 Å². The molecule has 1 fully saturated rings. The van der Waals surface area contributed by atoms with Crippen molar-refractivity contribution < 1.29 is 0 Å². The van der Waals surface area contributed by atoms with Crippen LogP contribution in [0.2, 0.25) is 0 Å². The molecule has 0 amide bonds. The molecule has 0 aromatic heterocycles. The summed E-state index contributed by atoms with van der Waals surface area (Å²) >= 11 is 0. The molecule has 1 nitrogen and oxygen atoms in total. The summed E-state index contributed by atoms with van der Waals surface area (Å²) in [6, 6.07) is 8.45. The molecule has 1 heteroatoms. The Labute approximate surface area is 111 Å². The smallest absolute Gasteiger partial charge is 0.0294 e. The molecule has 0 bridgehead atoms. The van der Waals surface area contributed by atoms with Crippen LogP contribution in [0.4, 0.5) is 0 Å². The number of hydrogen-bond donors (Lipinski definition) is 1. The molecular weight excluding hydrogens is 218 g/mol. The molecule has 1 unspecified atom stereocenters. The first kappa shape index (κ1) is 12.2. The van der Waals surface area contributed by atoms with Crippen LogP contribution in [0.5, 0.6) is 0 Å². The predicted molar refractivity (Wildman–Crippen MR) is 76.9 cm³/mol. The first-order valence-electron chi connectivity index (χ1n) is 7.71. The van der Waals surface area contributed by atoms with E-state index in [1.54, 1.807) is 11.1 Å². The number of hydrogen-bond acceptors (Lipinski definition) is 1. The minimum absolute atomic E-state index is 0.514. The van der Waals surface area contributed by atoms with Crippen LogP contribution >= 0.6 is 0 Å². The van der Waals surface area contributed by atoms with Crippen molar-refractivity contribution in [1.82, 2.24) is 5.32 Å². The van der Waals surface area contributed by atoms with E-state index >= 15 is 0 Å². The molecule has 98 valence electrons. The average Bonchev–Trinajstić information content (AvgIpc) is 2.91. The second kappa shape index (κ2) is 5.44. The summed E-state index contributed by atoms with van der Waals surface area (Å²) in [6.45, 7) is 2.32. The van der Waals surface area contributed by atoms with Gasteiger partial charge in [0, 0.05) is 12.1 Å². The molecule has 1 N–H and O–H groups in total. The second-order valence-corrected chi connectivity index (χ2v) is 6.10. The summed E-state index contributed by atoms with van der Waals surface area (Å²) in [5, 5.41) is 3.80. The SMILES string of the molecule is CC(NC1CCCC1)c1ccc2c(c1)CCCC2. The van der Waals surface area contributed by atoms with Gasteiger partial charge in [0.25, 0.3) is 0 Å². The Hall–Kier alpha value is -0.820. The number of benzene rings is 1. The average molecular weight is 243 g/mol. The highest BCUT2D eigenvalue weighted by atomic mass is 14.9. The Morgan fingerprint density at radius 3 is 2.50 bits per heavy atom. The Bertz CT molecular complexity index is 404. The maximum Gasteiger partial charge on any atom is 0.0294 e. The van der Waals surface area contributed by atoms with Crippen LogP contribution in [-0.4, -0.2) is 6.04 Å². The monoisotopic (exact) mass is 243 g/mol. The third kappa shape index (κ3) is 2.61. The Kier molecular flexibility index (Phi) is 3.69. The van der Waals surface area contributed by atoms with Crippen LogP contribution < -0.4 is 5.32 Å². The molecule has 2 aliphatic rings. The summed E-state index contributed by atoms with van der Waals surface area (Å²) in [7, 11) is 0. The molecular formula is C17H25N. The quantitative estimate of drug-likeness (QED) is 0.840. The molecule has 3 rings (SSSR count). The van der Waals surface area contributed by atoms with E-state index in [0.717, 1.165) is 6.04 Å². The van der Waals surface area contributed by atoms with Gasteiger partial charge in [-0.05, 0) is 62.1 Å². The maximum atomic E-state index is 3.80. The van der Waals surface area contributed by atoms with E-state index in [-0.39, 0.29) is 0 Å². The van der Waals surface area contributed by atoms with Crippen molar-refractivity contribution in [2.24, 2.45) is 0 Å². The summed E-state index contributed by atoms with van der Waals surface area (Å²) in [6.07, 6.45) is 10.9. The van der Waals surface area contributed by atoms with Gasteiger partial charge < -0.3 is 5.32 Å². The molecule has 0 radical (unpaired) electrons. The summed E-state index contributed by atoms with van der Waals surface area (Å²) in [4.78, 5) is 0. The number of fused-ring (bicyclic) bond motifs is 1. The Morgan fingerprint density at radius 2 is 1.72 bits per heavy atom. The van der Waals surface area contributed by atoms with Gasteiger partial charge in [-0.1, -0.05) is 31.0 Å². The van der Waals surface area contributed by atoms with Gasteiger partial charge in [0.2, 0.25) is 0 Å². The fraction of sp³-hybridized carbons (Fsp3) is 0.647. The van der Waals surface area contributed by atoms with Crippen molar-refractivity contribution in [3.05, 3.63) is 34.9 Å². The van der Waals surface area contributed by atoms with Gasteiger partial charge >= 0.3 is 0 Å². The number of nitrogens with one attached hydrogen (secondary N) is 1. The lowest BCUT2D eigenvalue weighted by Gasteiger charge is -2.22. The van der Waals surface area contributed by atoms with E-state index in [4.69, 9.17) is 0 Å². The molecule has 1 atom stereocenters. The molecule has 0 saturated heterocycles. The third-order valence-electron chi connectivity index (χ3n) is 4.71. The van der Waals surface area contributed by atoms with Crippen LogP contribution in [0, 0.1) is 0 Å². The van der Waals surface area contributed by atoms with Gasteiger partial charge in [0.05, 0.1) is 0 Å². The summed E-state index contributed by atoms with van der Waals surface area (Å²) in [5.41, 5.74) is 4.69. The third-order valence-corrected chi connectivity index (χ3v) is 4.71. The van der Waals surface area contributed by atoms with Gasteiger partial charge in [-0.2, -0.15) is 0 Å². The van der Waals surface area contributed by atoms with Crippen molar-refractivity contribution in [1.29, 1.82) is 0 Å². The van der Waals surface area contributed by atoms with E-state index in [9.17, 15) is 0 Å². The van der Waals surface area contributed by atoms with E-state index in [1.165, 1.54) is 56.9 Å². The van der Waals surface area contributed by atoms with Crippen molar-refractivity contribution >= 4 is 0 Å². The van der Waals surface area contributed by atoms with Gasteiger partial charge in [0.15, 0.2) is 0 Å². The van der Waals surface area contributed by atoms with E-state index in [1.807, 2.05) is 0 Å². The van der Waals surface area contributed by atoms with Gasteiger partial charge in [0.1, 0.15) is 0 Å². The molecule has 1 saturated carbocycles. The first-order valence-corrected chi connectivity index (χ1v) is 7.71. The number of aryl methyl sites for hydroxylation is 2. The maximum absolute atomic E-state index is 3.80. The lowest BCUT2D eigenvalue weighted by Crippen LogP contribution is -2.29. The van der Waals surface area contributed by atoms with Crippen LogP contribution in [0.15, 0.2) is 18.2 Å². The molecule has 0 spiro atoms. The molecule has 2 aliphatic carbocycles. The van der Waals surface area contributed by atoms with E-state index < -0.39 is 0 Å². The van der Waals surface area contributed by atoms with Crippen LogP contribution in [0.1, 0.15) is 68.2 Å². The van der Waals surface area contributed by atoms with Gasteiger partial charge in [-0.3, -0.25) is 0 Å². The topological polar surface area (TPSA) is 12.0 Å². The fourth-order valence-electron chi connectivity index (χ4n) is 3.56. The van der Waals surface area contributed by atoms with E-state index in [0.29, 0.717) is 6.04 Å². The lowest BCUT2D eigenvalue weighted by atomic mass is 9.89. The molecule has 18 heavy (non-hydrogen) atoms. The van der Waals surface area contributed by atoms with Gasteiger partial charge in [-0.25, -0.2) is 0 Å². The normalized spacial score (nSPS) is 21.8. The largest absolute Gasteiger partial charge is 0.307 e. The highest BCUT2D eigenvalue weighted by Gasteiger charge is 2.18. The van der Waals surface area contributed by atoms with Crippen molar-refractivity contribution in [2.45, 2.75) is 70.4 Å². The zero-order valence-corrected chi connectivity index (χ0v) is 11.5. The standard InChI is InChI=1S/C17H25N/c1-13(18-17-8-4-5-9-17)15-11-10-14-6-2-3-7-16(14)12-15/h10-13,17-18H,2-9H2,1H3. The second-order valence-electron chi connectivity index (χ2n) is 6.10. The lowest BCUT2D eigenvalue weighted by molar-refractivity contribution is 0.461. The summed E-state index contributed by atoms with van der Waals surface area (Å²) in [5.74, 6) is 0. The first-order chi connectivity index (χ1) is 8.83. The Balaban J connectivity index is 1.70.